The van der Waals surface area contributed by atoms with Crippen LogP contribution < -0.4 is 14.8 Å². The molecule has 1 atom stereocenters. The van der Waals surface area contributed by atoms with Crippen LogP contribution in [0.25, 0.3) is 0 Å². The highest BCUT2D eigenvalue weighted by Crippen LogP contribution is 2.43. The Morgan fingerprint density at radius 2 is 1.89 bits per heavy atom. The first-order chi connectivity index (χ1) is 13.0. The summed E-state index contributed by atoms with van der Waals surface area (Å²) in [5.41, 5.74) is 1.59. The number of pyridine rings is 1. The van der Waals surface area contributed by atoms with Gasteiger partial charge in [-0.2, -0.15) is 0 Å². The Bertz CT molecular complexity index is 907. The fraction of sp³-hybridized carbons (Fsp3) is 0.350. The zero-order chi connectivity index (χ0) is 19.0. The summed E-state index contributed by atoms with van der Waals surface area (Å²) < 4.78 is 11.2. The number of nitrogens with one attached hydrogen (secondary N) is 1. The summed E-state index contributed by atoms with van der Waals surface area (Å²) in [5, 5.41) is 12.2. The summed E-state index contributed by atoms with van der Waals surface area (Å²) >= 11 is 0. The number of benzene rings is 1. The van der Waals surface area contributed by atoms with Crippen LogP contribution in [0.5, 0.6) is 11.5 Å². The maximum absolute atomic E-state index is 12.7. The molecular formula is C20H20N2O5. The van der Waals surface area contributed by atoms with Crippen LogP contribution >= 0.6 is 0 Å². The Morgan fingerprint density at radius 1 is 1.15 bits per heavy atom. The van der Waals surface area contributed by atoms with Crippen molar-refractivity contribution in [2.45, 2.75) is 25.8 Å². The molecule has 7 heteroatoms. The second-order valence-corrected chi connectivity index (χ2v) is 6.83. The van der Waals surface area contributed by atoms with Crippen molar-refractivity contribution in [1.29, 1.82) is 0 Å². The monoisotopic (exact) mass is 368 g/mol. The summed E-state index contributed by atoms with van der Waals surface area (Å²) in [6, 6.07) is 8.45. The molecule has 2 heterocycles. The topological polar surface area (TPSA) is 97.8 Å². The van der Waals surface area contributed by atoms with Gasteiger partial charge in [-0.3, -0.25) is 4.79 Å². The molecule has 1 saturated carbocycles. The maximum atomic E-state index is 12.7. The normalized spacial score (nSPS) is 16.5. The predicted molar refractivity (Wildman–Crippen MR) is 96.3 cm³/mol. The number of amides is 1. The molecule has 1 amide bonds. The Kier molecular flexibility index (Phi) is 4.43. The van der Waals surface area contributed by atoms with Crippen LogP contribution in [0.4, 0.5) is 0 Å². The number of aromatic carboxylic acids is 1. The number of fused-ring (bicyclic) bond motifs is 1. The highest BCUT2D eigenvalue weighted by Gasteiger charge is 2.34. The third kappa shape index (κ3) is 3.58. The van der Waals surface area contributed by atoms with Gasteiger partial charge in [-0.05, 0) is 55.5 Å². The van der Waals surface area contributed by atoms with Crippen LogP contribution in [-0.2, 0) is 0 Å². The number of hydrogen-bond acceptors (Lipinski definition) is 5. The van der Waals surface area contributed by atoms with Crippen LogP contribution in [0.2, 0.25) is 0 Å². The average molecular weight is 368 g/mol. The van der Waals surface area contributed by atoms with Crippen LogP contribution in [0.3, 0.4) is 0 Å². The van der Waals surface area contributed by atoms with Gasteiger partial charge in [0.15, 0.2) is 11.5 Å². The molecule has 140 valence electrons. The highest BCUT2D eigenvalue weighted by molar-refractivity contribution is 5.94. The Morgan fingerprint density at radius 3 is 2.56 bits per heavy atom. The third-order valence-electron chi connectivity index (χ3n) is 4.85. The van der Waals surface area contributed by atoms with Crippen LogP contribution in [-0.4, -0.2) is 35.2 Å². The first kappa shape index (κ1) is 17.3. The van der Waals surface area contributed by atoms with Crippen molar-refractivity contribution in [1.82, 2.24) is 10.3 Å². The number of ether oxygens (including phenoxy) is 2. The van der Waals surface area contributed by atoms with Crippen molar-refractivity contribution in [3.05, 3.63) is 52.8 Å². The number of carboxylic acid groups (broad SMARTS) is 1. The van der Waals surface area contributed by atoms with Crippen LogP contribution in [0.15, 0.2) is 30.3 Å². The smallest absolute Gasteiger partial charge is 0.337 e. The fourth-order valence-electron chi connectivity index (χ4n) is 3.29. The summed E-state index contributed by atoms with van der Waals surface area (Å²) in [7, 11) is 0. The molecule has 2 N–H and O–H groups in total. The van der Waals surface area contributed by atoms with E-state index in [1.807, 2.05) is 18.2 Å². The summed E-state index contributed by atoms with van der Waals surface area (Å²) in [6.07, 6.45) is 2.09. The second kappa shape index (κ2) is 6.90. The van der Waals surface area contributed by atoms with E-state index in [2.05, 4.69) is 10.3 Å². The number of carbonyl (C=O) groups is 2. The predicted octanol–water partition coefficient (Wildman–Crippen LogP) is 2.74. The number of hydrogen-bond donors (Lipinski definition) is 2. The highest BCUT2D eigenvalue weighted by atomic mass is 16.6. The first-order valence-corrected chi connectivity index (χ1v) is 8.94. The van der Waals surface area contributed by atoms with E-state index in [9.17, 15) is 9.59 Å². The lowest BCUT2D eigenvalue weighted by molar-refractivity contribution is 0.0694. The molecule has 7 nitrogen and oxygen atoms in total. The zero-order valence-electron chi connectivity index (χ0n) is 14.9. The van der Waals surface area contributed by atoms with Gasteiger partial charge in [0.1, 0.15) is 18.9 Å². The zero-order valence-corrected chi connectivity index (χ0v) is 14.9. The minimum absolute atomic E-state index is 0.0946. The molecular weight excluding hydrogens is 348 g/mol. The average Bonchev–Trinajstić information content (AvgIpc) is 3.50. The SMILES string of the molecule is Cc1nc(C(=O)NC(c2ccc3c(c2)OCCO3)C2CC2)ccc1C(=O)O. The number of aryl methyl sites for hydroxylation is 1. The molecule has 4 rings (SSSR count). The van der Waals surface area contributed by atoms with E-state index < -0.39 is 5.97 Å². The van der Waals surface area contributed by atoms with Crippen molar-refractivity contribution in [2.24, 2.45) is 5.92 Å². The molecule has 1 fully saturated rings. The minimum Gasteiger partial charge on any atom is -0.486 e. The Balaban J connectivity index is 1.56. The lowest BCUT2D eigenvalue weighted by atomic mass is 10.0. The van der Waals surface area contributed by atoms with Crippen LogP contribution in [0.1, 0.15) is 51.0 Å². The quantitative estimate of drug-likeness (QED) is 0.842. The molecule has 0 radical (unpaired) electrons. The van der Waals surface area contributed by atoms with E-state index in [0.717, 1.165) is 18.4 Å². The number of carboxylic acids is 1. The number of carbonyl (C=O) groups excluding carboxylic acids is 1. The summed E-state index contributed by atoms with van der Waals surface area (Å²) in [6.45, 7) is 2.63. The van der Waals surface area contributed by atoms with Crippen molar-refractivity contribution in [3.8, 4) is 11.5 Å². The van der Waals surface area contributed by atoms with Crippen molar-refractivity contribution in [3.63, 3.8) is 0 Å². The van der Waals surface area contributed by atoms with Gasteiger partial charge in [0.25, 0.3) is 5.91 Å². The molecule has 0 saturated heterocycles. The Labute approximate surface area is 156 Å². The van der Waals surface area contributed by atoms with Gasteiger partial charge in [-0.25, -0.2) is 9.78 Å². The van der Waals surface area contributed by atoms with Gasteiger partial charge < -0.3 is 19.9 Å². The first-order valence-electron chi connectivity index (χ1n) is 8.94. The summed E-state index contributed by atoms with van der Waals surface area (Å²) in [5.74, 6) is 0.405. The van der Waals surface area contributed by atoms with E-state index in [1.54, 1.807) is 6.92 Å². The van der Waals surface area contributed by atoms with Crippen molar-refractivity contribution in [2.75, 3.05) is 13.2 Å². The number of nitrogens with zero attached hydrogens (tertiary/aromatic N) is 1. The van der Waals surface area contributed by atoms with Crippen LogP contribution in [0, 0.1) is 12.8 Å². The van der Waals surface area contributed by atoms with Gasteiger partial charge in [-0.15, -0.1) is 0 Å². The maximum Gasteiger partial charge on any atom is 0.337 e. The third-order valence-corrected chi connectivity index (χ3v) is 4.85. The molecule has 2 aliphatic rings. The van der Waals surface area contributed by atoms with E-state index in [-0.39, 0.29) is 23.2 Å². The molecule has 0 spiro atoms. The van der Waals surface area contributed by atoms with Gasteiger partial charge in [0.05, 0.1) is 17.3 Å². The lowest BCUT2D eigenvalue weighted by Gasteiger charge is -2.23. The van der Waals surface area contributed by atoms with Gasteiger partial charge in [0, 0.05) is 0 Å². The van der Waals surface area contributed by atoms with Gasteiger partial charge in [0.2, 0.25) is 0 Å². The standard InChI is InChI=1S/C20H20N2O5/c1-11-14(20(24)25)5-6-15(21-11)19(23)22-18(12-2-3-12)13-4-7-16-17(10-13)27-9-8-26-16/h4-7,10,12,18H,2-3,8-9H2,1H3,(H,22,23)(H,24,25). The molecule has 2 aromatic rings. The lowest BCUT2D eigenvalue weighted by Crippen LogP contribution is -2.31. The van der Waals surface area contributed by atoms with E-state index in [4.69, 9.17) is 14.6 Å². The second-order valence-electron chi connectivity index (χ2n) is 6.83. The molecule has 0 bridgehead atoms. The molecule has 1 unspecified atom stereocenters. The molecule has 1 aliphatic heterocycles. The largest absolute Gasteiger partial charge is 0.486 e. The van der Waals surface area contributed by atoms with Crippen molar-refractivity contribution < 1.29 is 24.2 Å². The number of rotatable bonds is 5. The summed E-state index contributed by atoms with van der Waals surface area (Å²) in [4.78, 5) is 28.0. The van der Waals surface area contributed by atoms with E-state index in [0.29, 0.717) is 36.3 Å². The van der Waals surface area contributed by atoms with Gasteiger partial charge in [-0.1, -0.05) is 6.07 Å². The van der Waals surface area contributed by atoms with E-state index in [1.165, 1.54) is 12.1 Å². The minimum atomic E-state index is -1.06. The fourth-order valence-corrected chi connectivity index (χ4v) is 3.29. The molecule has 1 aromatic carbocycles. The molecule has 1 aliphatic carbocycles. The molecule has 27 heavy (non-hydrogen) atoms. The Hall–Kier alpha value is -3.09. The van der Waals surface area contributed by atoms with Crippen molar-refractivity contribution >= 4 is 11.9 Å². The van der Waals surface area contributed by atoms with Gasteiger partial charge >= 0.3 is 5.97 Å². The van der Waals surface area contributed by atoms with E-state index >= 15 is 0 Å². The molecule has 1 aromatic heterocycles. The number of aromatic nitrogens is 1.